The summed E-state index contributed by atoms with van der Waals surface area (Å²) >= 11 is 0. The minimum absolute atomic E-state index is 0.134. The summed E-state index contributed by atoms with van der Waals surface area (Å²) in [4.78, 5) is 12.7. The van der Waals surface area contributed by atoms with Crippen LogP contribution in [0.5, 0.6) is 0 Å². The van der Waals surface area contributed by atoms with Crippen LogP contribution < -0.4 is 0 Å². The fraction of sp³-hybridized carbons (Fsp3) is 0.727. The Labute approximate surface area is 86.7 Å². The Morgan fingerprint density at radius 2 is 2.07 bits per heavy atom. The molecule has 0 aliphatic carbocycles. The highest BCUT2D eigenvalue weighted by Gasteiger charge is 2.15. The Bertz CT molecular complexity index is 199. The van der Waals surface area contributed by atoms with Crippen molar-refractivity contribution in [2.24, 2.45) is 0 Å². The molecule has 1 unspecified atom stereocenters. The van der Waals surface area contributed by atoms with Crippen LogP contribution >= 0.6 is 0 Å². The molecule has 0 saturated heterocycles. The number of unbranched alkanes of at least 4 members (excludes halogenated alkanes) is 1. The molecule has 0 fully saturated rings. The maximum Gasteiger partial charge on any atom is 0.409 e. The van der Waals surface area contributed by atoms with E-state index < -0.39 is 0 Å². The molecule has 1 atom stereocenters. The summed E-state index contributed by atoms with van der Waals surface area (Å²) < 4.78 is 5.26. The number of nitrogens with zero attached hydrogens (tertiary/aromatic N) is 1. The zero-order valence-corrected chi connectivity index (χ0v) is 9.67. The molecule has 1 amide bonds. The Balaban J connectivity index is 4.09. The van der Waals surface area contributed by atoms with Gasteiger partial charge in [0.25, 0.3) is 0 Å². The molecular weight excluding hydrogens is 178 g/mol. The fourth-order valence-corrected chi connectivity index (χ4v) is 1.02. The van der Waals surface area contributed by atoms with Gasteiger partial charge in [0.1, 0.15) is 6.10 Å². The standard InChI is InChI=1S/C11H21NO2/c1-6-7-8-10(9(2)3)14-11(13)12(4)5/h10H,2,6-8H2,1,3-5H3. The van der Waals surface area contributed by atoms with E-state index in [0.717, 1.165) is 24.8 Å². The van der Waals surface area contributed by atoms with E-state index in [-0.39, 0.29) is 12.2 Å². The third-order valence-corrected chi connectivity index (χ3v) is 1.98. The van der Waals surface area contributed by atoms with Crippen LogP contribution in [0.3, 0.4) is 0 Å². The number of ether oxygens (including phenoxy) is 1. The van der Waals surface area contributed by atoms with Crippen LogP contribution in [0.15, 0.2) is 12.2 Å². The lowest BCUT2D eigenvalue weighted by atomic mass is 10.1. The van der Waals surface area contributed by atoms with Gasteiger partial charge in [-0.1, -0.05) is 19.9 Å². The SMILES string of the molecule is C=C(C)C(CCCC)OC(=O)N(C)C. The summed E-state index contributed by atoms with van der Waals surface area (Å²) in [5.41, 5.74) is 0.911. The second-order valence-corrected chi connectivity index (χ2v) is 3.76. The zero-order valence-electron chi connectivity index (χ0n) is 9.67. The molecule has 0 spiro atoms. The number of rotatable bonds is 5. The van der Waals surface area contributed by atoms with Crippen molar-refractivity contribution in [2.45, 2.75) is 39.2 Å². The van der Waals surface area contributed by atoms with Gasteiger partial charge in [0.2, 0.25) is 0 Å². The molecule has 0 aromatic carbocycles. The van der Waals surface area contributed by atoms with Crippen LogP contribution in [0, 0.1) is 0 Å². The second-order valence-electron chi connectivity index (χ2n) is 3.76. The number of hydrogen-bond acceptors (Lipinski definition) is 2. The van der Waals surface area contributed by atoms with Gasteiger partial charge in [0.15, 0.2) is 0 Å². The highest BCUT2D eigenvalue weighted by atomic mass is 16.6. The Morgan fingerprint density at radius 3 is 2.43 bits per heavy atom. The molecule has 0 heterocycles. The van der Waals surface area contributed by atoms with Crippen molar-refractivity contribution < 1.29 is 9.53 Å². The van der Waals surface area contributed by atoms with Crippen molar-refractivity contribution in [3.63, 3.8) is 0 Å². The van der Waals surface area contributed by atoms with Gasteiger partial charge in [-0.15, -0.1) is 0 Å². The average Bonchev–Trinajstić information content (AvgIpc) is 2.10. The summed E-state index contributed by atoms with van der Waals surface area (Å²) in [5, 5.41) is 0. The van der Waals surface area contributed by atoms with Crippen molar-refractivity contribution in [3.8, 4) is 0 Å². The van der Waals surface area contributed by atoms with Gasteiger partial charge in [0.05, 0.1) is 0 Å². The molecule has 0 N–H and O–H groups in total. The van der Waals surface area contributed by atoms with E-state index in [0.29, 0.717) is 0 Å². The first kappa shape index (κ1) is 13.0. The number of carbonyl (C=O) groups is 1. The number of carbonyl (C=O) groups excluding carboxylic acids is 1. The van der Waals surface area contributed by atoms with Gasteiger partial charge in [-0.05, 0) is 25.3 Å². The van der Waals surface area contributed by atoms with Gasteiger partial charge in [-0.25, -0.2) is 4.79 Å². The molecule has 0 radical (unpaired) electrons. The Kier molecular flexibility index (Phi) is 6.00. The molecule has 0 aliphatic heterocycles. The van der Waals surface area contributed by atoms with E-state index >= 15 is 0 Å². The minimum atomic E-state index is -0.297. The van der Waals surface area contributed by atoms with Crippen LogP contribution in [0.2, 0.25) is 0 Å². The predicted molar refractivity (Wildman–Crippen MR) is 58.3 cm³/mol. The quantitative estimate of drug-likeness (QED) is 0.637. The van der Waals surface area contributed by atoms with E-state index in [4.69, 9.17) is 4.74 Å². The van der Waals surface area contributed by atoms with Crippen LogP contribution in [-0.4, -0.2) is 31.2 Å². The molecule has 0 bridgehead atoms. The van der Waals surface area contributed by atoms with Gasteiger partial charge < -0.3 is 9.64 Å². The van der Waals surface area contributed by atoms with E-state index in [1.54, 1.807) is 14.1 Å². The van der Waals surface area contributed by atoms with E-state index in [2.05, 4.69) is 13.5 Å². The smallest absolute Gasteiger partial charge is 0.409 e. The molecule has 0 rings (SSSR count). The number of hydrogen-bond donors (Lipinski definition) is 0. The van der Waals surface area contributed by atoms with E-state index in [9.17, 15) is 4.79 Å². The highest BCUT2D eigenvalue weighted by Crippen LogP contribution is 2.13. The highest BCUT2D eigenvalue weighted by molar-refractivity contribution is 5.67. The van der Waals surface area contributed by atoms with Crippen LogP contribution in [-0.2, 0) is 4.74 Å². The largest absolute Gasteiger partial charge is 0.442 e. The molecule has 14 heavy (non-hydrogen) atoms. The molecule has 3 nitrogen and oxygen atoms in total. The van der Waals surface area contributed by atoms with Crippen LogP contribution in [0.1, 0.15) is 33.1 Å². The Hall–Kier alpha value is -0.990. The number of amides is 1. The lowest BCUT2D eigenvalue weighted by Crippen LogP contribution is -2.28. The molecule has 0 aromatic heterocycles. The maximum absolute atomic E-state index is 11.3. The van der Waals surface area contributed by atoms with Gasteiger partial charge in [0, 0.05) is 14.1 Å². The first-order chi connectivity index (χ1) is 6.49. The third kappa shape index (κ3) is 4.90. The zero-order chi connectivity index (χ0) is 11.1. The van der Waals surface area contributed by atoms with Crippen molar-refractivity contribution in [3.05, 3.63) is 12.2 Å². The third-order valence-electron chi connectivity index (χ3n) is 1.98. The van der Waals surface area contributed by atoms with E-state index in [1.165, 1.54) is 4.90 Å². The summed E-state index contributed by atoms with van der Waals surface area (Å²) in [7, 11) is 3.36. The normalized spacial score (nSPS) is 12.0. The topological polar surface area (TPSA) is 29.5 Å². The van der Waals surface area contributed by atoms with Gasteiger partial charge in [-0.2, -0.15) is 0 Å². The second kappa shape index (κ2) is 6.46. The predicted octanol–water partition coefficient (Wildman–Crippen LogP) is 2.82. The van der Waals surface area contributed by atoms with Crippen molar-refractivity contribution in [1.29, 1.82) is 0 Å². The maximum atomic E-state index is 11.3. The molecule has 0 aliphatic rings. The molecule has 3 heteroatoms. The summed E-state index contributed by atoms with van der Waals surface area (Å²) in [6.07, 6.45) is 2.59. The van der Waals surface area contributed by atoms with Gasteiger partial charge >= 0.3 is 6.09 Å². The van der Waals surface area contributed by atoms with E-state index in [1.807, 2.05) is 6.92 Å². The molecule has 0 saturated carbocycles. The van der Waals surface area contributed by atoms with Crippen LogP contribution in [0.25, 0.3) is 0 Å². The summed E-state index contributed by atoms with van der Waals surface area (Å²) in [6, 6.07) is 0. The fourth-order valence-electron chi connectivity index (χ4n) is 1.02. The van der Waals surface area contributed by atoms with Crippen molar-refractivity contribution in [2.75, 3.05) is 14.1 Å². The summed E-state index contributed by atoms with van der Waals surface area (Å²) in [5.74, 6) is 0. The van der Waals surface area contributed by atoms with Crippen molar-refractivity contribution in [1.82, 2.24) is 4.90 Å². The summed E-state index contributed by atoms with van der Waals surface area (Å²) in [6.45, 7) is 7.83. The van der Waals surface area contributed by atoms with Crippen LogP contribution in [0.4, 0.5) is 4.79 Å². The lowest BCUT2D eigenvalue weighted by molar-refractivity contribution is 0.0850. The first-order valence-electron chi connectivity index (χ1n) is 5.02. The molecule has 82 valence electrons. The lowest BCUT2D eigenvalue weighted by Gasteiger charge is -2.20. The Morgan fingerprint density at radius 1 is 1.50 bits per heavy atom. The monoisotopic (exact) mass is 199 g/mol. The van der Waals surface area contributed by atoms with Crippen molar-refractivity contribution >= 4 is 6.09 Å². The average molecular weight is 199 g/mol. The first-order valence-corrected chi connectivity index (χ1v) is 5.02. The minimum Gasteiger partial charge on any atom is -0.442 e. The molecular formula is C11H21NO2. The molecule has 0 aromatic rings. The van der Waals surface area contributed by atoms with Gasteiger partial charge in [-0.3, -0.25) is 0 Å².